The quantitative estimate of drug-likeness (QED) is 0.672. The molecule has 0 radical (unpaired) electrons. The molecule has 1 aliphatic rings. The summed E-state index contributed by atoms with van der Waals surface area (Å²) in [5.41, 5.74) is 2.22. The van der Waals surface area contributed by atoms with E-state index < -0.39 is 0 Å². The molecule has 0 amide bonds. The van der Waals surface area contributed by atoms with Gasteiger partial charge in [0, 0.05) is 0 Å². The molecule has 1 aromatic carbocycles. The van der Waals surface area contributed by atoms with Gasteiger partial charge in [-0.25, -0.2) is 0 Å². The second kappa shape index (κ2) is 5.71. The van der Waals surface area contributed by atoms with Crippen molar-refractivity contribution in [2.75, 3.05) is 25.1 Å². The van der Waals surface area contributed by atoms with Gasteiger partial charge >= 0.3 is 134 Å². The molecule has 0 bridgehead atoms. The van der Waals surface area contributed by atoms with Gasteiger partial charge in [-0.3, -0.25) is 0 Å². The van der Waals surface area contributed by atoms with Crippen LogP contribution in [-0.2, 0) is 0 Å². The van der Waals surface area contributed by atoms with Crippen molar-refractivity contribution in [2.24, 2.45) is 0 Å². The summed E-state index contributed by atoms with van der Waals surface area (Å²) in [7, 11) is 1.69. The second-order valence-corrected chi connectivity index (χ2v) is 7.57. The molecule has 1 saturated heterocycles. The molecular weight excluding hydrogens is 343 g/mol. The summed E-state index contributed by atoms with van der Waals surface area (Å²) < 4.78 is 7.83. The van der Waals surface area contributed by atoms with Crippen LogP contribution in [0.1, 0.15) is 12.8 Å². The van der Waals surface area contributed by atoms with E-state index in [2.05, 4.69) is 38.5 Å². The third-order valence-corrected chi connectivity index (χ3v) is 6.44. The van der Waals surface area contributed by atoms with Gasteiger partial charge in [-0.15, -0.1) is 0 Å². The van der Waals surface area contributed by atoms with E-state index >= 15 is 0 Å². The van der Waals surface area contributed by atoms with Gasteiger partial charge in [0.1, 0.15) is 0 Å². The van der Waals surface area contributed by atoms with Crippen molar-refractivity contribution in [2.45, 2.75) is 12.8 Å². The van der Waals surface area contributed by atoms with Crippen molar-refractivity contribution in [3.63, 3.8) is 0 Å². The van der Waals surface area contributed by atoms with E-state index in [0.29, 0.717) is 0 Å². The van der Waals surface area contributed by atoms with Gasteiger partial charge in [0.2, 0.25) is 0 Å². The van der Waals surface area contributed by atoms with Crippen LogP contribution in [0.2, 0.25) is 0 Å². The summed E-state index contributed by atoms with van der Waals surface area (Å²) in [6.07, 6.45) is 2.48. The SMILES string of the molecule is COc1ccc(-c2cc3nnnc(N4CCCC4)c3[se]2)cc1. The van der Waals surface area contributed by atoms with Crippen molar-refractivity contribution in [3.05, 3.63) is 30.3 Å². The van der Waals surface area contributed by atoms with Crippen molar-refractivity contribution in [1.29, 1.82) is 0 Å². The number of hydrogen-bond donors (Lipinski definition) is 0. The number of benzene rings is 1. The number of ether oxygens (including phenoxy) is 1. The molecule has 4 rings (SSSR count). The molecule has 5 nitrogen and oxygen atoms in total. The average Bonchev–Trinajstić information content (AvgIpc) is 3.24. The van der Waals surface area contributed by atoms with Gasteiger partial charge in [0.15, 0.2) is 0 Å². The first kappa shape index (κ1) is 13.7. The van der Waals surface area contributed by atoms with Gasteiger partial charge in [-0.1, -0.05) is 0 Å². The Morgan fingerprint density at radius 3 is 2.59 bits per heavy atom. The summed E-state index contributed by atoms with van der Waals surface area (Å²) in [4.78, 5) is 2.35. The Balaban J connectivity index is 1.77. The van der Waals surface area contributed by atoms with Crippen LogP contribution in [-0.4, -0.2) is 50.1 Å². The standard InChI is InChI=1S/C16H16N4OSe/c1-21-12-6-4-11(5-7-12)14-10-13-15(22-14)16(18-19-17-13)20-8-2-3-9-20/h4-7,10H,2-3,8-9H2,1H3. The van der Waals surface area contributed by atoms with Gasteiger partial charge in [0.25, 0.3) is 0 Å². The van der Waals surface area contributed by atoms with Crippen LogP contribution >= 0.6 is 0 Å². The van der Waals surface area contributed by atoms with E-state index in [1.807, 2.05) is 12.1 Å². The van der Waals surface area contributed by atoms with Crippen LogP contribution in [0.5, 0.6) is 5.75 Å². The van der Waals surface area contributed by atoms with E-state index in [-0.39, 0.29) is 14.5 Å². The molecule has 0 aliphatic carbocycles. The molecule has 1 aliphatic heterocycles. The van der Waals surface area contributed by atoms with Gasteiger partial charge in [0.05, 0.1) is 0 Å². The Bertz CT molecular complexity index is 794. The van der Waals surface area contributed by atoms with Crippen LogP contribution in [0.4, 0.5) is 5.82 Å². The Hall–Kier alpha value is -1.91. The van der Waals surface area contributed by atoms with Crippen LogP contribution in [0, 0.1) is 0 Å². The number of hydrogen-bond acceptors (Lipinski definition) is 5. The predicted octanol–water partition coefficient (Wildman–Crippen LogP) is 2.36. The fourth-order valence-electron chi connectivity index (χ4n) is 2.81. The summed E-state index contributed by atoms with van der Waals surface area (Å²) in [6, 6.07) is 10.4. The fourth-order valence-corrected chi connectivity index (χ4v) is 5.14. The van der Waals surface area contributed by atoms with Gasteiger partial charge in [-0.2, -0.15) is 0 Å². The number of methoxy groups -OCH3 is 1. The average molecular weight is 359 g/mol. The topological polar surface area (TPSA) is 51.1 Å². The van der Waals surface area contributed by atoms with Crippen LogP contribution < -0.4 is 9.64 Å². The van der Waals surface area contributed by atoms with Crippen LogP contribution in [0.15, 0.2) is 30.3 Å². The van der Waals surface area contributed by atoms with E-state index in [1.54, 1.807) is 7.11 Å². The molecule has 6 heteroatoms. The molecular formula is C16H16N4OSe. The summed E-state index contributed by atoms with van der Waals surface area (Å²) in [5.74, 6) is 1.92. The van der Waals surface area contributed by atoms with Crippen molar-refractivity contribution < 1.29 is 4.74 Å². The monoisotopic (exact) mass is 360 g/mol. The first-order valence-corrected chi connectivity index (χ1v) is 9.09. The van der Waals surface area contributed by atoms with E-state index in [0.717, 1.165) is 30.2 Å². The molecule has 22 heavy (non-hydrogen) atoms. The molecule has 3 heterocycles. The third kappa shape index (κ3) is 2.38. The Kier molecular flexibility index (Phi) is 3.56. The first-order chi connectivity index (χ1) is 10.8. The normalized spacial score (nSPS) is 14.7. The minimum absolute atomic E-state index is 0.227. The molecule has 112 valence electrons. The maximum absolute atomic E-state index is 5.23. The zero-order valence-electron chi connectivity index (χ0n) is 12.3. The molecule has 0 unspecified atom stereocenters. The zero-order valence-corrected chi connectivity index (χ0v) is 14.0. The molecule has 0 N–H and O–H groups in total. The van der Waals surface area contributed by atoms with E-state index in [9.17, 15) is 0 Å². The molecule has 0 atom stereocenters. The molecule has 1 fully saturated rings. The van der Waals surface area contributed by atoms with Crippen LogP contribution in [0.3, 0.4) is 0 Å². The molecule has 2 aromatic heterocycles. The molecule has 3 aromatic rings. The fraction of sp³-hybridized carbons (Fsp3) is 0.312. The van der Waals surface area contributed by atoms with E-state index in [4.69, 9.17) is 4.74 Å². The van der Waals surface area contributed by atoms with Crippen molar-refractivity contribution in [1.82, 2.24) is 15.4 Å². The molecule has 0 saturated carbocycles. The number of rotatable bonds is 3. The second-order valence-electron chi connectivity index (χ2n) is 5.36. The van der Waals surface area contributed by atoms with Crippen molar-refractivity contribution in [3.8, 4) is 15.8 Å². The predicted molar refractivity (Wildman–Crippen MR) is 87.7 cm³/mol. The maximum atomic E-state index is 5.23. The third-order valence-electron chi connectivity index (χ3n) is 3.99. The first-order valence-electron chi connectivity index (χ1n) is 7.37. The van der Waals surface area contributed by atoms with Crippen molar-refractivity contribution >= 4 is 30.1 Å². The zero-order chi connectivity index (χ0) is 14.9. The van der Waals surface area contributed by atoms with Crippen LogP contribution in [0.25, 0.3) is 19.8 Å². The Morgan fingerprint density at radius 1 is 1.09 bits per heavy atom. The summed E-state index contributed by atoms with van der Waals surface area (Å²) in [5, 5.41) is 12.5. The number of fused-ring (bicyclic) bond motifs is 1. The summed E-state index contributed by atoms with van der Waals surface area (Å²) in [6.45, 7) is 2.16. The number of anilines is 1. The Labute approximate surface area is 134 Å². The molecule has 0 spiro atoms. The van der Waals surface area contributed by atoms with Gasteiger partial charge < -0.3 is 0 Å². The minimum atomic E-state index is 0.227. The number of aromatic nitrogens is 3. The summed E-state index contributed by atoms with van der Waals surface area (Å²) >= 11 is 0.227. The van der Waals surface area contributed by atoms with Gasteiger partial charge in [-0.05, 0) is 0 Å². The Morgan fingerprint density at radius 2 is 1.86 bits per heavy atom. The number of nitrogens with zero attached hydrogens (tertiary/aromatic N) is 4. The van der Waals surface area contributed by atoms with E-state index in [1.165, 1.54) is 27.1 Å².